The van der Waals surface area contributed by atoms with Gasteiger partial charge in [-0.05, 0) is 30.7 Å². The number of pyridine rings is 1. The first-order chi connectivity index (χ1) is 20.1. The van der Waals surface area contributed by atoms with Crippen molar-refractivity contribution in [1.29, 1.82) is 0 Å². The first-order valence-corrected chi connectivity index (χ1v) is 14.5. The molecule has 0 spiro atoms. The first kappa shape index (κ1) is 29.2. The number of aromatic nitrogens is 3. The smallest absolute Gasteiger partial charge is 0.237 e. The molecule has 220 valence electrons. The number of rotatable bonds is 9. The van der Waals surface area contributed by atoms with E-state index in [1.807, 2.05) is 6.92 Å². The number of halogens is 4. The molecule has 9 nitrogen and oxygen atoms in total. The quantitative estimate of drug-likeness (QED) is 0.179. The molecule has 4 aromatic rings. The van der Waals surface area contributed by atoms with Gasteiger partial charge in [0, 0.05) is 44.0 Å². The number of piperidine rings is 1. The van der Waals surface area contributed by atoms with Crippen LogP contribution in [0.25, 0.3) is 11.3 Å². The van der Waals surface area contributed by atoms with E-state index in [0.29, 0.717) is 18.2 Å². The number of nitrogens with zero attached hydrogens (tertiary/aromatic N) is 3. The average Bonchev–Trinajstić information content (AvgIpc) is 2.95. The van der Waals surface area contributed by atoms with Crippen molar-refractivity contribution in [3.63, 3.8) is 0 Å². The van der Waals surface area contributed by atoms with E-state index in [2.05, 4.69) is 25.6 Å². The van der Waals surface area contributed by atoms with Gasteiger partial charge in [0.2, 0.25) is 27.7 Å². The van der Waals surface area contributed by atoms with Crippen LogP contribution in [0.3, 0.4) is 0 Å². The third kappa shape index (κ3) is 6.94. The second-order valence-electron chi connectivity index (χ2n) is 9.76. The molecule has 1 unspecified atom stereocenters. The van der Waals surface area contributed by atoms with Crippen LogP contribution in [0.15, 0.2) is 60.9 Å². The highest BCUT2D eigenvalue weighted by Crippen LogP contribution is 2.36. The molecule has 0 bridgehead atoms. The number of ether oxygens (including phenoxy) is 1. The molecule has 0 saturated carbocycles. The number of anilines is 2. The predicted molar refractivity (Wildman–Crippen MR) is 149 cm³/mol. The highest BCUT2D eigenvalue weighted by atomic mass is 32.2. The normalized spacial score (nSPS) is 17.1. The van der Waals surface area contributed by atoms with Gasteiger partial charge >= 0.3 is 0 Å². The molecule has 1 saturated heterocycles. The van der Waals surface area contributed by atoms with Gasteiger partial charge < -0.3 is 15.4 Å². The summed E-state index contributed by atoms with van der Waals surface area (Å²) in [4.78, 5) is 12.6. The van der Waals surface area contributed by atoms with Gasteiger partial charge in [-0.2, -0.15) is 4.39 Å². The Balaban J connectivity index is 1.37. The molecule has 0 radical (unpaired) electrons. The minimum atomic E-state index is -4.29. The SMILES string of the molecule is Cc1ccc(CS(=O)(=O)Nc2c(F)cc(Oc3ncccc3-c3ccnc(NC4CNC[C@@H](F)C4)n3)c(F)c2F)cc1. The molecule has 3 N–H and O–H groups in total. The Morgan fingerprint density at radius 2 is 1.81 bits per heavy atom. The Bertz CT molecular complexity index is 1690. The first-order valence-electron chi connectivity index (χ1n) is 12.9. The van der Waals surface area contributed by atoms with Crippen molar-refractivity contribution in [2.24, 2.45) is 0 Å². The Kier molecular flexibility index (Phi) is 8.54. The number of hydrogen-bond donors (Lipinski definition) is 3. The van der Waals surface area contributed by atoms with E-state index in [9.17, 15) is 21.6 Å². The third-order valence-electron chi connectivity index (χ3n) is 6.40. The zero-order chi connectivity index (χ0) is 29.9. The predicted octanol–water partition coefficient (Wildman–Crippen LogP) is 5.11. The van der Waals surface area contributed by atoms with Crippen molar-refractivity contribution in [2.45, 2.75) is 31.3 Å². The lowest BCUT2D eigenvalue weighted by molar-refractivity contribution is 0.254. The highest BCUT2D eigenvalue weighted by molar-refractivity contribution is 7.91. The lowest BCUT2D eigenvalue weighted by atomic mass is 10.1. The van der Waals surface area contributed by atoms with Crippen LogP contribution in [0, 0.1) is 24.4 Å². The number of sulfonamides is 1. The highest BCUT2D eigenvalue weighted by Gasteiger charge is 2.26. The Labute approximate surface area is 239 Å². The Hall–Kier alpha value is -4.30. The van der Waals surface area contributed by atoms with Crippen LogP contribution >= 0.6 is 0 Å². The van der Waals surface area contributed by atoms with Crippen LogP contribution in [0.4, 0.5) is 29.2 Å². The van der Waals surface area contributed by atoms with E-state index in [1.165, 1.54) is 18.5 Å². The number of nitrogens with one attached hydrogen (secondary N) is 3. The molecule has 0 amide bonds. The summed E-state index contributed by atoms with van der Waals surface area (Å²) in [5, 5.41) is 6.03. The van der Waals surface area contributed by atoms with Gasteiger partial charge in [0.15, 0.2) is 17.4 Å². The Morgan fingerprint density at radius 3 is 2.57 bits per heavy atom. The zero-order valence-electron chi connectivity index (χ0n) is 22.2. The summed E-state index contributed by atoms with van der Waals surface area (Å²) in [6, 6.07) is 11.4. The summed E-state index contributed by atoms with van der Waals surface area (Å²) in [5.41, 5.74) is 0.642. The molecular formula is C28H26F4N6O3S. The molecule has 1 aliphatic heterocycles. The van der Waals surface area contributed by atoms with Crippen LogP contribution in [-0.2, 0) is 15.8 Å². The van der Waals surface area contributed by atoms with Crippen LogP contribution in [0.1, 0.15) is 17.5 Å². The summed E-state index contributed by atoms with van der Waals surface area (Å²) in [6.45, 7) is 2.61. The summed E-state index contributed by atoms with van der Waals surface area (Å²) in [5.74, 6) is -6.27. The lowest BCUT2D eigenvalue weighted by Gasteiger charge is -2.26. The van der Waals surface area contributed by atoms with Crippen LogP contribution < -0.4 is 20.1 Å². The van der Waals surface area contributed by atoms with Gasteiger partial charge in [-0.1, -0.05) is 29.8 Å². The lowest BCUT2D eigenvalue weighted by Crippen LogP contribution is -2.44. The molecule has 2 aromatic carbocycles. The van der Waals surface area contributed by atoms with Crippen molar-refractivity contribution >= 4 is 21.7 Å². The number of hydrogen-bond acceptors (Lipinski definition) is 8. The fraction of sp³-hybridized carbons (Fsp3) is 0.250. The largest absolute Gasteiger partial charge is 0.435 e. The van der Waals surface area contributed by atoms with Gasteiger partial charge in [0.05, 0.1) is 17.0 Å². The van der Waals surface area contributed by atoms with Gasteiger partial charge in [0.25, 0.3) is 0 Å². The molecule has 0 aliphatic carbocycles. The molecule has 1 fully saturated rings. The molecule has 5 rings (SSSR count). The van der Waals surface area contributed by atoms with Gasteiger partial charge in [-0.25, -0.2) is 36.5 Å². The molecular weight excluding hydrogens is 576 g/mol. The van der Waals surface area contributed by atoms with E-state index < -0.39 is 50.8 Å². The fourth-order valence-electron chi connectivity index (χ4n) is 4.37. The van der Waals surface area contributed by atoms with E-state index in [1.54, 1.807) is 41.1 Å². The molecule has 2 aromatic heterocycles. The van der Waals surface area contributed by atoms with Crippen molar-refractivity contribution < 1.29 is 30.7 Å². The van der Waals surface area contributed by atoms with E-state index in [-0.39, 0.29) is 42.1 Å². The maximum atomic E-state index is 15.1. The van der Waals surface area contributed by atoms with E-state index in [4.69, 9.17) is 4.74 Å². The summed E-state index contributed by atoms with van der Waals surface area (Å²) < 4.78 is 91.1. The maximum Gasteiger partial charge on any atom is 0.237 e. The van der Waals surface area contributed by atoms with Crippen molar-refractivity contribution in [3.8, 4) is 22.9 Å². The van der Waals surface area contributed by atoms with Crippen molar-refractivity contribution in [1.82, 2.24) is 20.3 Å². The third-order valence-corrected chi connectivity index (χ3v) is 7.63. The monoisotopic (exact) mass is 602 g/mol. The average molecular weight is 603 g/mol. The minimum Gasteiger partial charge on any atom is -0.435 e. The number of alkyl halides is 1. The van der Waals surface area contributed by atoms with Crippen LogP contribution in [0.2, 0.25) is 0 Å². The van der Waals surface area contributed by atoms with Gasteiger partial charge in [0.1, 0.15) is 11.9 Å². The summed E-state index contributed by atoms with van der Waals surface area (Å²) >= 11 is 0. The van der Waals surface area contributed by atoms with E-state index in [0.717, 1.165) is 5.56 Å². The molecule has 3 heterocycles. The second-order valence-corrected chi connectivity index (χ2v) is 11.5. The van der Waals surface area contributed by atoms with Crippen molar-refractivity contribution in [3.05, 3.63) is 89.5 Å². The minimum absolute atomic E-state index is 0.203. The van der Waals surface area contributed by atoms with Gasteiger partial charge in [-0.15, -0.1) is 0 Å². The number of aryl methyl sites for hydroxylation is 1. The molecule has 42 heavy (non-hydrogen) atoms. The number of benzene rings is 2. The van der Waals surface area contributed by atoms with Crippen molar-refractivity contribution in [2.75, 3.05) is 23.1 Å². The van der Waals surface area contributed by atoms with Gasteiger partial charge in [-0.3, -0.25) is 4.72 Å². The summed E-state index contributed by atoms with van der Waals surface area (Å²) in [6.07, 6.45) is 2.04. The molecule has 14 heteroatoms. The zero-order valence-corrected chi connectivity index (χ0v) is 23.1. The topological polar surface area (TPSA) is 118 Å². The summed E-state index contributed by atoms with van der Waals surface area (Å²) in [7, 11) is -4.29. The molecule has 2 atom stereocenters. The second kappa shape index (κ2) is 12.3. The van der Waals surface area contributed by atoms with E-state index >= 15 is 4.39 Å². The van der Waals surface area contributed by atoms with Crippen LogP contribution in [-0.4, -0.2) is 48.7 Å². The standard InChI is InChI=1S/C28H26F4N6O3S/c1-16-4-6-17(7-5-16)15-42(39,40)38-26-21(30)12-23(24(31)25(26)32)41-27-20(3-2-9-34-27)22-8-10-35-28(37-22)36-19-11-18(29)13-33-14-19/h2-10,12,18-19,33,38H,11,13-15H2,1H3,(H,35,36,37)/t18-,19?/m0/s1. The fourth-order valence-corrected chi connectivity index (χ4v) is 5.57. The molecule has 1 aliphatic rings. The maximum absolute atomic E-state index is 15.1. The van der Waals surface area contributed by atoms with Crippen LogP contribution in [0.5, 0.6) is 11.6 Å². The Morgan fingerprint density at radius 1 is 1.02 bits per heavy atom.